The summed E-state index contributed by atoms with van der Waals surface area (Å²) in [6.07, 6.45) is 4.07. The van der Waals surface area contributed by atoms with Gasteiger partial charge in [-0.3, -0.25) is 0 Å². The average molecular weight is 170 g/mol. The first-order valence-corrected chi connectivity index (χ1v) is 4.53. The molecule has 0 bridgehead atoms. The summed E-state index contributed by atoms with van der Waals surface area (Å²) in [7, 11) is 0. The van der Waals surface area contributed by atoms with Gasteiger partial charge in [-0.1, -0.05) is 18.6 Å². The van der Waals surface area contributed by atoms with Crippen molar-refractivity contribution >= 4 is 0 Å². The van der Waals surface area contributed by atoms with Crippen LogP contribution in [-0.2, 0) is 0 Å². The Kier molecular flexibility index (Phi) is 2.91. The Hall–Kier alpha value is -0.340. The van der Waals surface area contributed by atoms with E-state index in [-0.39, 0.29) is 18.6 Å². The van der Waals surface area contributed by atoms with E-state index in [1.807, 2.05) is 0 Å². The molecule has 2 N–H and O–H groups in total. The molecule has 1 aliphatic carbocycles. The molecule has 0 saturated carbocycles. The van der Waals surface area contributed by atoms with Crippen molar-refractivity contribution in [2.45, 2.75) is 26.7 Å². The summed E-state index contributed by atoms with van der Waals surface area (Å²) in [6, 6.07) is 0. The molecule has 1 aliphatic rings. The monoisotopic (exact) mass is 170 g/mol. The molecule has 2 heteroatoms. The van der Waals surface area contributed by atoms with Crippen LogP contribution in [-0.4, -0.2) is 23.4 Å². The molecule has 0 heterocycles. The molecule has 0 spiro atoms. The first-order valence-electron chi connectivity index (χ1n) is 4.53. The average Bonchev–Trinajstić information content (AvgIpc) is 2.06. The van der Waals surface area contributed by atoms with Crippen LogP contribution in [0.25, 0.3) is 0 Å². The third-order valence-corrected chi connectivity index (χ3v) is 3.15. The Bertz CT molecular complexity index is 180. The Morgan fingerprint density at radius 2 is 2.08 bits per heavy atom. The van der Waals surface area contributed by atoms with Gasteiger partial charge in [0.15, 0.2) is 0 Å². The SMILES string of the molecule is CC1=C[C@H](C)C(CO)(CO)CC1. The van der Waals surface area contributed by atoms with E-state index in [2.05, 4.69) is 19.9 Å². The van der Waals surface area contributed by atoms with Crippen molar-refractivity contribution in [1.82, 2.24) is 0 Å². The number of allylic oxidation sites excluding steroid dienone is 2. The molecule has 12 heavy (non-hydrogen) atoms. The molecule has 0 aliphatic heterocycles. The fraction of sp³-hybridized carbons (Fsp3) is 0.800. The highest BCUT2D eigenvalue weighted by Crippen LogP contribution is 2.38. The van der Waals surface area contributed by atoms with E-state index in [9.17, 15) is 10.2 Å². The Morgan fingerprint density at radius 3 is 2.50 bits per heavy atom. The van der Waals surface area contributed by atoms with Gasteiger partial charge in [0.05, 0.1) is 13.2 Å². The molecule has 0 amide bonds. The molecule has 1 rings (SSSR count). The van der Waals surface area contributed by atoms with Crippen LogP contribution in [0.3, 0.4) is 0 Å². The predicted molar refractivity (Wildman–Crippen MR) is 48.8 cm³/mol. The van der Waals surface area contributed by atoms with Crippen LogP contribution >= 0.6 is 0 Å². The minimum absolute atomic E-state index is 0.0917. The van der Waals surface area contributed by atoms with Gasteiger partial charge in [0, 0.05) is 5.41 Å². The number of rotatable bonds is 2. The van der Waals surface area contributed by atoms with Crippen LogP contribution in [0.2, 0.25) is 0 Å². The number of hydrogen-bond donors (Lipinski definition) is 2. The zero-order valence-electron chi connectivity index (χ0n) is 7.88. The minimum Gasteiger partial charge on any atom is -0.396 e. The van der Waals surface area contributed by atoms with Crippen LogP contribution in [0.15, 0.2) is 11.6 Å². The maximum Gasteiger partial charge on any atom is 0.0515 e. The van der Waals surface area contributed by atoms with Crippen LogP contribution in [0.5, 0.6) is 0 Å². The first-order chi connectivity index (χ1) is 5.64. The Labute approximate surface area is 73.9 Å². The highest BCUT2D eigenvalue weighted by atomic mass is 16.3. The number of aliphatic hydroxyl groups excluding tert-OH is 2. The topological polar surface area (TPSA) is 40.5 Å². The molecule has 0 aromatic heterocycles. The summed E-state index contributed by atoms with van der Waals surface area (Å²) in [5.74, 6) is 0.293. The summed E-state index contributed by atoms with van der Waals surface area (Å²) in [5, 5.41) is 18.4. The predicted octanol–water partition coefficient (Wildman–Crippen LogP) is 1.33. The van der Waals surface area contributed by atoms with Gasteiger partial charge < -0.3 is 10.2 Å². The van der Waals surface area contributed by atoms with Crippen molar-refractivity contribution in [3.05, 3.63) is 11.6 Å². The maximum atomic E-state index is 9.21. The van der Waals surface area contributed by atoms with E-state index in [1.165, 1.54) is 5.57 Å². The quantitative estimate of drug-likeness (QED) is 0.614. The Morgan fingerprint density at radius 1 is 1.50 bits per heavy atom. The molecule has 0 radical (unpaired) electrons. The summed E-state index contributed by atoms with van der Waals surface area (Å²) >= 11 is 0. The van der Waals surface area contributed by atoms with Crippen LogP contribution in [0.4, 0.5) is 0 Å². The maximum absolute atomic E-state index is 9.21. The third-order valence-electron chi connectivity index (χ3n) is 3.15. The minimum atomic E-state index is -0.264. The van der Waals surface area contributed by atoms with Crippen LogP contribution in [0, 0.1) is 11.3 Å². The molecular formula is C10H18O2. The third kappa shape index (κ3) is 1.54. The molecule has 70 valence electrons. The molecule has 1 atom stereocenters. The molecule has 0 fully saturated rings. The first kappa shape index (κ1) is 9.75. The van der Waals surface area contributed by atoms with E-state index in [0.717, 1.165) is 12.8 Å². The lowest BCUT2D eigenvalue weighted by Gasteiger charge is -2.38. The van der Waals surface area contributed by atoms with E-state index in [4.69, 9.17) is 0 Å². The van der Waals surface area contributed by atoms with Crippen molar-refractivity contribution in [3.63, 3.8) is 0 Å². The fourth-order valence-corrected chi connectivity index (χ4v) is 1.86. The summed E-state index contributed by atoms with van der Waals surface area (Å²) < 4.78 is 0. The van der Waals surface area contributed by atoms with Crippen molar-refractivity contribution in [2.24, 2.45) is 11.3 Å². The smallest absolute Gasteiger partial charge is 0.0515 e. The van der Waals surface area contributed by atoms with Gasteiger partial charge in [0.25, 0.3) is 0 Å². The van der Waals surface area contributed by atoms with E-state index < -0.39 is 0 Å². The largest absolute Gasteiger partial charge is 0.396 e. The van der Waals surface area contributed by atoms with E-state index in [1.54, 1.807) is 0 Å². The second-order valence-electron chi connectivity index (χ2n) is 3.98. The number of aliphatic hydroxyl groups is 2. The fourth-order valence-electron chi connectivity index (χ4n) is 1.86. The highest BCUT2D eigenvalue weighted by Gasteiger charge is 2.35. The summed E-state index contributed by atoms with van der Waals surface area (Å²) in [6.45, 7) is 4.35. The molecule has 0 aromatic carbocycles. The van der Waals surface area contributed by atoms with Gasteiger partial charge in [-0.25, -0.2) is 0 Å². The van der Waals surface area contributed by atoms with Crippen molar-refractivity contribution in [3.8, 4) is 0 Å². The van der Waals surface area contributed by atoms with E-state index >= 15 is 0 Å². The second kappa shape index (κ2) is 3.58. The van der Waals surface area contributed by atoms with Gasteiger partial charge in [0.1, 0.15) is 0 Å². The summed E-state index contributed by atoms with van der Waals surface area (Å²) in [4.78, 5) is 0. The van der Waals surface area contributed by atoms with Gasteiger partial charge >= 0.3 is 0 Å². The van der Waals surface area contributed by atoms with E-state index in [0.29, 0.717) is 5.92 Å². The zero-order chi connectivity index (χ0) is 9.19. The van der Waals surface area contributed by atoms with Crippen LogP contribution < -0.4 is 0 Å². The normalized spacial score (nSPS) is 28.3. The standard InChI is InChI=1S/C10H18O2/c1-8-3-4-10(6-11,7-12)9(2)5-8/h5,9,11-12H,3-4,6-7H2,1-2H3/t9-/m0/s1. The lowest BCUT2D eigenvalue weighted by molar-refractivity contribution is 0.0136. The van der Waals surface area contributed by atoms with Crippen molar-refractivity contribution in [1.29, 1.82) is 0 Å². The molecule has 0 unspecified atom stereocenters. The van der Waals surface area contributed by atoms with Gasteiger partial charge in [-0.2, -0.15) is 0 Å². The molecule has 0 saturated heterocycles. The summed E-state index contributed by atoms with van der Waals surface area (Å²) in [5.41, 5.74) is 1.11. The van der Waals surface area contributed by atoms with Gasteiger partial charge in [0.2, 0.25) is 0 Å². The van der Waals surface area contributed by atoms with Gasteiger partial charge in [-0.05, 0) is 25.7 Å². The zero-order valence-corrected chi connectivity index (χ0v) is 7.88. The molecule has 0 aromatic rings. The van der Waals surface area contributed by atoms with Crippen LogP contribution in [0.1, 0.15) is 26.7 Å². The lowest BCUT2D eigenvalue weighted by atomic mass is 9.69. The molecular weight excluding hydrogens is 152 g/mol. The van der Waals surface area contributed by atoms with Crippen molar-refractivity contribution in [2.75, 3.05) is 13.2 Å². The van der Waals surface area contributed by atoms with Gasteiger partial charge in [-0.15, -0.1) is 0 Å². The van der Waals surface area contributed by atoms with Crippen molar-refractivity contribution < 1.29 is 10.2 Å². The Balaban J connectivity index is 2.80. The lowest BCUT2D eigenvalue weighted by Crippen LogP contribution is -2.37. The second-order valence-corrected chi connectivity index (χ2v) is 3.98. The molecule has 2 nitrogen and oxygen atoms in total. The highest BCUT2D eigenvalue weighted by molar-refractivity contribution is 5.10. The number of hydrogen-bond acceptors (Lipinski definition) is 2.